The predicted molar refractivity (Wildman–Crippen MR) is 77.9 cm³/mol. The lowest BCUT2D eigenvalue weighted by Gasteiger charge is -2.23. The van der Waals surface area contributed by atoms with Crippen molar-refractivity contribution >= 4 is 10.8 Å². The zero-order chi connectivity index (χ0) is 12.2. The summed E-state index contributed by atoms with van der Waals surface area (Å²) in [5, 5.41) is 6.43. The molecule has 1 aliphatic rings. The van der Waals surface area contributed by atoms with Crippen LogP contribution in [0.1, 0.15) is 31.2 Å². The number of fused-ring (bicyclic) bond motifs is 1. The first-order valence-electron chi connectivity index (χ1n) is 7.13. The Labute approximate surface area is 109 Å². The number of aryl methyl sites for hydroxylation is 1. The van der Waals surface area contributed by atoms with Gasteiger partial charge in [-0.2, -0.15) is 0 Å². The van der Waals surface area contributed by atoms with E-state index >= 15 is 0 Å². The summed E-state index contributed by atoms with van der Waals surface area (Å²) in [6.07, 6.45) is 6.57. The quantitative estimate of drug-likeness (QED) is 0.856. The summed E-state index contributed by atoms with van der Waals surface area (Å²) in [5.41, 5.74) is 1.50. The highest BCUT2D eigenvalue weighted by Crippen LogP contribution is 2.21. The Bertz CT molecular complexity index is 507. The van der Waals surface area contributed by atoms with Crippen molar-refractivity contribution in [2.24, 2.45) is 0 Å². The van der Waals surface area contributed by atoms with E-state index < -0.39 is 0 Å². The van der Waals surface area contributed by atoms with Crippen LogP contribution in [0, 0.1) is 0 Å². The Morgan fingerprint density at radius 2 is 1.89 bits per heavy atom. The Balaban J connectivity index is 1.74. The number of hydrogen-bond donors (Lipinski definition) is 1. The van der Waals surface area contributed by atoms with Crippen molar-refractivity contribution in [3.8, 4) is 0 Å². The van der Waals surface area contributed by atoms with Crippen LogP contribution >= 0.6 is 0 Å². The Morgan fingerprint density at radius 1 is 1.00 bits per heavy atom. The summed E-state index contributed by atoms with van der Waals surface area (Å²) in [6, 6.07) is 16.1. The molecule has 0 aliphatic carbocycles. The highest BCUT2D eigenvalue weighted by molar-refractivity contribution is 5.85. The Hall–Kier alpha value is -1.34. The van der Waals surface area contributed by atoms with E-state index in [1.165, 1.54) is 55.0 Å². The van der Waals surface area contributed by atoms with Gasteiger partial charge in [0.1, 0.15) is 0 Å². The third kappa shape index (κ3) is 2.56. The molecule has 1 aliphatic heterocycles. The van der Waals surface area contributed by atoms with Gasteiger partial charge in [0.05, 0.1) is 0 Å². The van der Waals surface area contributed by atoms with E-state index in [0.29, 0.717) is 0 Å². The van der Waals surface area contributed by atoms with E-state index in [1.54, 1.807) is 0 Å². The van der Waals surface area contributed by atoms with Crippen molar-refractivity contribution in [2.45, 2.75) is 38.1 Å². The van der Waals surface area contributed by atoms with E-state index in [0.717, 1.165) is 6.04 Å². The number of rotatable bonds is 3. The highest BCUT2D eigenvalue weighted by atomic mass is 14.9. The minimum absolute atomic E-state index is 0.734. The molecule has 0 spiro atoms. The lowest BCUT2D eigenvalue weighted by atomic mass is 9.95. The number of hydrogen-bond acceptors (Lipinski definition) is 1. The maximum absolute atomic E-state index is 3.64. The lowest BCUT2D eigenvalue weighted by Crippen LogP contribution is -2.34. The van der Waals surface area contributed by atoms with Crippen LogP contribution in [0.25, 0.3) is 10.8 Å². The van der Waals surface area contributed by atoms with Gasteiger partial charge in [0.2, 0.25) is 0 Å². The van der Waals surface area contributed by atoms with Gasteiger partial charge < -0.3 is 5.32 Å². The molecule has 1 unspecified atom stereocenters. The summed E-state index contributed by atoms with van der Waals surface area (Å²) >= 11 is 0. The molecule has 0 bridgehead atoms. The molecule has 18 heavy (non-hydrogen) atoms. The van der Waals surface area contributed by atoms with E-state index in [2.05, 4.69) is 47.8 Å². The smallest absolute Gasteiger partial charge is 0.00702 e. The van der Waals surface area contributed by atoms with Crippen molar-refractivity contribution in [1.82, 2.24) is 5.32 Å². The van der Waals surface area contributed by atoms with Crippen molar-refractivity contribution in [2.75, 3.05) is 6.54 Å². The standard InChI is InChI=1S/C17H21N/c1-2-10-17-14(6-1)7-5-8-15(17)11-12-16-9-3-4-13-18-16/h1-2,5-8,10,16,18H,3-4,9,11-13H2. The van der Waals surface area contributed by atoms with Crippen molar-refractivity contribution in [3.63, 3.8) is 0 Å². The van der Waals surface area contributed by atoms with Crippen LogP contribution in [0.4, 0.5) is 0 Å². The molecular formula is C17H21N. The van der Waals surface area contributed by atoms with E-state index in [4.69, 9.17) is 0 Å². The van der Waals surface area contributed by atoms with Gasteiger partial charge in [0, 0.05) is 6.04 Å². The van der Waals surface area contributed by atoms with E-state index in [1.807, 2.05) is 0 Å². The normalized spacial score (nSPS) is 20.1. The number of nitrogens with one attached hydrogen (secondary N) is 1. The third-order valence-electron chi connectivity index (χ3n) is 4.05. The van der Waals surface area contributed by atoms with Crippen molar-refractivity contribution in [3.05, 3.63) is 48.0 Å². The first kappa shape index (κ1) is 11.7. The molecule has 1 heteroatoms. The summed E-state index contributed by atoms with van der Waals surface area (Å²) in [4.78, 5) is 0. The predicted octanol–water partition coefficient (Wildman–Crippen LogP) is 3.91. The van der Waals surface area contributed by atoms with E-state index in [-0.39, 0.29) is 0 Å². The Kier molecular flexibility index (Phi) is 3.61. The van der Waals surface area contributed by atoms with Crippen molar-refractivity contribution in [1.29, 1.82) is 0 Å². The van der Waals surface area contributed by atoms with Gasteiger partial charge in [-0.05, 0) is 48.6 Å². The molecule has 0 radical (unpaired) electrons. The van der Waals surface area contributed by atoms with Crippen LogP contribution in [0.2, 0.25) is 0 Å². The van der Waals surface area contributed by atoms with Gasteiger partial charge in [-0.3, -0.25) is 0 Å². The molecule has 1 heterocycles. The molecule has 1 nitrogen and oxygen atoms in total. The monoisotopic (exact) mass is 239 g/mol. The first-order valence-corrected chi connectivity index (χ1v) is 7.13. The number of benzene rings is 2. The van der Waals surface area contributed by atoms with Crippen LogP contribution in [-0.2, 0) is 6.42 Å². The van der Waals surface area contributed by atoms with Gasteiger partial charge in [0.25, 0.3) is 0 Å². The van der Waals surface area contributed by atoms with Gasteiger partial charge in [0.15, 0.2) is 0 Å². The van der Waals surface area contributed by atoms with Crippen molar-refractivity contribution < 1.29 is 0 Å². The average molecular weight is 239 g/mol. The molecule has 2 aromatic rings. The fourth-order valence-corrected chi connectivity index (χ4v) is 3.01. The van der Waals surface area contributed by atoms with E-state index in [9.17, 15) is 0 Å². The molecule has 94 valence electrons. The molecule has 1 atom stereocenters. The first-order chi connectivity index (χ1) is 8.93. The van der Waals surface area contributed by atoms with Gasteiger partial charge >= 0.3 is 0 Å². The van der Waals surface area contributed by atoms with Crippen LogP contribution in [0.5, 0.6) is 0 Å². The SMILES string of the molecule is c1ccc2c(CCC3CCCCN3)cccc2c1. The average Bonchev–Trinajstić information content (AvgIpc) is 2.46. The summed E-state index contributed by atoms with van der Waals surface area (Å²) in [5.74, 6) is 0. The molecule has 0 amide bonds. The lowest BCUT2D eigenvalue weighted by molar-refractivity contribution is 0.383. The molecule has 2 aromatic carbocycles. The summed E-state index contributed by atoms with van der Waals surface area (Å²) in [6.45, 7) is 1.21. The number of piperidine rings is 1. The summed E-state index contributed by atoms with van der Waals surface area (Å²) in [7, 11) is 0. The van der Waals surface area contributed by atoms with Gasteiger partial charge in [-0.15, -0.1) is 0 Å². The van der Waals surface area contributed by atoms with Crippen LogP contribution in [0.15, 0.2) is 42.5 Å². The molecule has 3 rings (SSSR count). The molecule has 1 saturated heterocycles. The minimum atomic E-state index is 0.734. The highest BCUT2D eigenvalue weighted by Gasteiger charge is 2.12. The second kappa shape index (κ2) is 5.53. The second-order valence-corrected chi connectivity index (χ2v) is 5.32. The molecule has 1 N–H and O–H groups in total. The zero-order valence-electron chi connectivity index (χ0n) is 10.9. The molecular weight excluding hydrogens is 218 g/mol. The maximum Gasteiger partial charge on any atom is 0.00702 e. The Morgan fingerprint density at radius 3 is 2.78 bits per heavy atom. The fraction of sp³-hybridized carbons (Fsp3) is 0.412. The molecule has 0 saturated carbocycles. The zero-order valence-corrected chi connectivity index (χ0v) is 10.9. The van der Waals surface area contributed by atoms with Gasteiger partial charge in [-0.1, -0.05) is 48.9 Å². The largest absolute Gasteiger partial charge is 0.314 e. The maximum atomic E-state index is 3.64. The third-order valence-corrected chi connectivity index (χ3v) is 4.05. The van der Waals surface area contributed by atoms with Crippen LogP contribution in [-0.4, -0.2) is 12.6 Å². The summed E-state index contributed by atoms with van der Waals surface area (Å²) < 4.78 is 0. The van der Waals surface area contributed by atoms with Crippen LogP contribution in [0.3, 0.4) is 0 Å². The minimum Gasteiger partial charge on any atom is -0.314 e. The molecule has 1 fully saturated rings. The van der Waals surface area contributed by atoms with Crippen LogP contribution < -0.4 is 5.32 Å². The van der Waals surface area contributed by atoms with Gasteiger partial charge in [-0.25, -0.2) is 0 Å². The second-order valence-electron chi connectivity index (χ2n) is 5.32. The topological polar surface area (TPSA) is 12.0 Å². The molecule has 0 aromatic heterocycles. The fourth-order valence-electron chi connectivity index (χ4n) is 3.01.